The second-order valence-electron chi connectivity index (χ2n) is 6.75. The van der Waals surface area contributed by atoms with Crippen LogP contribution in [-0.4, -0.2) is 48.6 Å². The molecule has 0 radical (unpaired) electrons. The minimum absolute atomic E-state index is 0.101. The summed E-state index contributed by atoms with van der Waals surface area (Å²) in [7, 11) is -3.70. The van der Waals surface area contributed by atoms with Crippen LogP contribution in [0, 0.1) is 13.8 Å². The first-order valence-corrected chi connectivity index (χ1v) is 10.2. The van der Waals surface area contributed by atoms with E-state index in [0.717, 1.165) is 30.9 Å². The summed E-state index contributed by atoms with van der Waals surface area (Å²) in [5, 5.41) is 4.39. The lowest BCUT2D eigenvalue weighted by molar-refractivity contribution is 0.0651. The van der Waals surface area contributed by atoms with Crippen LogP contribution in [0.1, 0.15) is 41.1 Å². The molecule has 1 N–H and O–H groups in total. The number of likely N-dealkylation sites (tertiary alicyclic amines) is 1. The Balaban J connectivity index is 1.71. The van der Waals surface area contributed by atoms with Crippen molar-refractivity contribution in [2.45, 2.75) is 38.1 Å². The number of sulfonamides is 1. The number of aromatic nitrogens is 2. The highest BCUT2D eigenvalue weighted by atomic mass is 32.2. The van der Waals surface area contributed by atoms with Crippen LogP contribution in [0.3, 0.4) is 0 Å². The van der Waals surface area contributed by atoms with Crippen LogP contribution >= 0.6 is 0 Å². The molecule has 0 bridgehead atoms. The van der Waals surface area contributed by atoms with Crippen LogP contribution < -0.4 is 4.72 Å². The fourth-order valence-corrected chi connectivity index (χ4v) is 4.16. The van der Waals surface area contributed by atoms with Gasteiger partial charge in [0.2, 0.25) is 10.0 Å². The van der Waals surface area contributed by atoms with Gasteiger partial charge < -0.3 is 4.90 Å². The van der Waals surface area contributed by atoms with E-state index in [1.807, 2.05) is 31.5 Å². The average Bonchev–Trinajstić information content (AvgIpc) is 2.90. The van der Waals surface area contributed by atoms with Crippen molar-refractivity contribution in [3.8, 4) is 0 Å². The number of carbonyl (C=O) groups is 1. The monoisotopic (exact) mass is 376 g/mol. The Kier molecular flexibility index (Phi) is 5.15. The van der Waals surface area contributed by atoms with E-state index in [0.29, 0.717) is 5.56 Å². The Morgan fingerprint density at radius 3 is 2.58 bits per heavy atom. The van der Waals surface area contributed by atoms with Crippen LogP contribution in [0.25, 0.3) is 0 Å². The number of nitrogens with one attached hydrogen (secondary N) is 1. The molecule has 0 aliphatic carbocycles. The van der Waals surface area contributed by atoms with Gasteiger partial charge in [-0.1, -0.05) is 6.07 Å². The van der Waals surface area contributed by atoms with E-state index in [2.05, 4.69) is 9.82 Å². The third-order valence-electron chi connectivity index (χ3n) is 4.57. The number of amides is 1. The number of aryl methyl sites for hydroxylation is 2. The number of rotatable bonds is 6. The molecule has 1 aromatic carbocycles. The molecule has 1 fully saturated rings. The number of hydrogen-bond acceptors (Lipinski definition) is 4. The molecule has 1 atom stereocenters. The van der Waals surface area contributed by atoms with Crippen molar-refractivity contribution in [2.24, 2.45) is 0 Å². The van der Waals surface area contributed by atoms with Gasteiger partial charge >= 0.3 is 0 Å². The van der Waals surface area contributed by atoms with Crippen LogP contribution in [0.2, 0.25) is 0 Å². The molecule has 26 heavy (non-hydrogen) atoms. The summed E-state index contributed by atoms with van der Waals surface area (Å²) in [4.78, 5) is 14.1. The van der Waals surface area contributed by atoms with E-state index in [1.165, 1.54) is 12.1 Å². The zero-order chi connectivity index (χ0) is 18.9. The minimum atomic E-state index is -3.70. The molecule has 0 spiro atoms. The van der Waals surface area contributed by atoms with Crippen LogP contribution in [0.5, 0.6) is 0 Å². The molecule has 7 nitrogen and oxygen atoms in total. The first-order chi connectivity index (χ1) is 12.3. The quantitative estimate of drug-likeness (QED) is 0.834. The highest BCUT2D eigenvalue weighted by Gasteiger charge is 2.23. The molecule has 1 aromatic heterocycles. The Morgan fingerprint density at radius 2 is 2.00 bits per heavy atom. The Morgan fingerprint density at radius 1 is 1.27 bits per heavy atom. The number of nitrogens with zero attached hydrogens (tertiary/aromatic N) is 3. The zero-order valence-electron chi connectivity index (χ0n) is 15.3. The van der Waals surface area contributed by atoms with Gasteiger partial charge in [0.05, 0.1) is 16.6 Å². The number of benzene rings is 1. The minimum Gasteiger partial charge on any atom is -0.339 e. The standard InChI is InChI=1S/C18H24N4O3S/c1-13-10-14(2)22(20-13)15(3)12-19-26(24,25)17-7-4-6-16(11-17)18(23)21-8-5-9-21/h4,6-7,10-11,15,19H,5,8-9,12H2,1-3H3/t15-/m1/s1. The summed E-state index contributed by atoms with van der Waals surface area (Å²) in [6.07, 6.45) is 0.996. The SMILES string of the molecule is Cc1cc(C)n([C@H](C)CNS(=O)(=O)c2cccc(C(=O)N3CCC3)c2)n1. The largest absolute Gasteiger partial charge is 0.339 e. The first kappa shape index (κ1) is 18.6. The van der Waals surface area contributed by atoms with Crippen LogP contribution in [0.4, 0.5) is 0 Å². The molecule has 1 aliphatic heterocycles. The molecule has 8 heteroatoms. The van der Waals surface area contributed by atoms with Crippen LogP contribution in [-0.2, 0) is 10.0 Å². The first-order valence-electron chi connectivity index (χ1n) is 8.70. The Labute approximate surface area is 154 Å². The molecule has 2 aromatic rings. The van der Waals surface area contributed by atoms with Crippen molar-refractivity contribution in [3.63, 3.8) is 0 Å². The van der Waals surface area contributed by atoms with Crippen molar-refractivity contribution >= 4 is 15.9 Å². The molecular formula is C18H24N4O3S. The zero-order valence-corrected chi connectivity index (χ0v) is 16.1. The lowest BCUT2D eigenvalue weighted by Crippen LogP contribution is -2.42. The molecular weight excluding hydrogens is 352 g/mol. The Bertz CT molecular complexity index is 916. The van der Waals surface area contributed by atoms with E-state index >= 15 is 0 Å². The average molecular weight is 376 g/mol. The van der Waals surface area contributed by atoms with Gasteiger partial charge in [-0.15, -0.1) is 0 Å². The molecule has 140 valence electrons. The third-order valence-corrected chi connectivity index (χ3v) is 5.99. The van der Waals surface area contributed by atoms with Gasteiger partial charge in [-0.05, 0) is 51.5 Å². The normalized spacial score (nSPS) is 15.6. The lowest BCUT2D eigenvalue weighted by Gasteiger charge is -2.31. The maximum atomic E-state index is 12.6. The fraction of sp³-hybridized carbons (Fsp3) is 0.444. The summed E-state index contributed by atoms with van der Waals surface area (Å²) >= 11 is 0. The molecule has 3 rings (SSSR count). The van der Waals surface area contributed by atoms with Gasteiger partial charge in [-0.2, -0.15) is 5.10 Å². The van der Waals surface area contributed by atoms with E-state index in [1.54, 1.807) is 17.0 Å². The maximum absolute atomic E-state index is 12.6. The number of hydrogen-bond donors (Lipinski definition) is 1. The summed E-state index contributed by atoms with van der Waals surface area (Å²) in [6.45, 7) is 7.43. The van der Waals surface area contributed by atoms with Gasteiger partial charge in [0.1, 0.15) is 0 Å². The predicted molar refractivity (Wildman–Crippen MR) is 98.6 cm³/mol. The van der Waals surface area contributed by atoms with Crippen molar-refractivity contribution in [2.75, 3.05) is 19.6 Å². The molecule has 2 heterocycles. The molecule has 1 saturated heterocycles. The summed E-state index contributed by atoms with van der Waals surface area (Å²) < 4.78 is 29.7. The maximum Gasteiger partial charge on any atom is 0.253 e. The van der Waals surface area contributed by atoms with Crippen molar-refractivity contribution in [1.29, 1.82) is 0 Å². The highest BCUT2D eigenvalue weighted by molar-refractivity contribution is 7.89. The van der Waals surface area contributed by atoms with E-state index in [9.17, 15) is 13.2 Å². The van der Waals surface area contributed by atoms with E-state index < -0.39 is 10.0 Å². The predicted octanol–water partition coefficient (Wildman–Crippen LogP) is 1.89. The highest BCUT2D eigenvalue weighted by Crippen LogP contribution is 2.17. The van der Waals surface area contributed by atoms with E-state index in [-0.39, 0.29) is 23.4 Å². The van der Waals surface area contributed by atoms with Crippen LogP contribution in [0.15, 0.2) is 35.2 Å². The van der Waals surface area contributed by atoms with Crippen molar-refractivity contribution in [1.82, 2.24) is 19.4 Å². The second kappa shape index (κ2) is 7.20. The third kappa shape index (κ3) is 3.81. The molecule has 0 saturated carbocycles. The van der Waals surface area contributed by atoms with Gasteiger partial charge in [0, 0.05) is 30.9 Å². The smallest absolute Gasteiger partial charge is 0.253 e. The van der Waals surface area contributed by atoms with Crippen molar-refractivity contribution < 1.29 is 13.2 Å². The van der Waals surface area contributed by atoms with Crippen molar-refractivity contribution in [3.05, 3.63) is 47.3 Å². The summed E-state index contributed by atoms with van der Waals surface area (Å²) in [6, 6.07) is 8.03. The van der Waals surface area contributed by atoms with Gasteiger partial charge in [-0.25, -0.2) is 13.1 Å². The molecule has 1 aliphatic rings. The van der Waals surface area contributed by atoms with Gasteiger partial charge in [0.25, 0.3) is 5.91 Å². The molecule has 0 unspecified atom stereocenters. The summed E-state index contributed by atoms with van der Waals surface area (Å²) in [5.41, 5.74) is 2.28. The number of carbonyl (C=O) groups excluding carboxylic acids is 1. The Hall–Kier alpha value is -2.19. The molecule has 1 amide bonds. The summed E-state index contributed by atoms with van der Waals surface area (Å²) in [5.74, 6) is -0.121. The topological polar surface area (TPSA) is 84.3 Å². The van der Waals surface area contributed by atoms with Gasteiger partial charge in [0.15, 0.2) is 0 Å². The van der Waals surface area contributed by atoms with Gasteiger partial charge in [-0.3, -0.25) is 9.48 Å². The fourth-order valence-electron chi connectivity index (χ4n) is 2.99. The lowest BCUT2D eigenvalue weighted by atomic mass is 10.1. The van der Waals surface area contributed by atoms with E-state index in [4.69, 9.17) is 0 Å². The second-order valence-corrected chi connectivity index (χ2v) is 8.51.